The summed E-state index contributed by atoms with van der Waals surface area (Å²) in [6.07, 6.45) is 5.56. The van der Waals surface area contributed by atoms with Crippen LogP contribution in [0.5, 0.6) is 5.75 Å². The van der Waals surface area contributed by atoms with E-state index >= 15 is 0 Å². The third-order valence-corrected chi connectivity index (χ3v) is 9.37. The van der Waals surface area contributed by atoms with E-state index in [1.54, 1.807) is 19.5 Å². The van der Waals surface area contributed by atoms with Crippen molar-refractivity contribution in [1.82, 2.24) is 30.1 Å². The Morgan fingerprint density at radius 1 is 0.878 bits per heavy atom. The summed E-state index contributed by atoms with van der Waals surface area (Å²) < 4.78 is 5.56. The molecule has 7 rings (SSSR count). The van der Waals surface area contributed by atoms with Gasteiger partial charge in [-0.05, 0) is 132 Å². The second-order valence-electron chi connectivity index (χ2n) is 12.7. The van der Waals surface area contributed by atoms with Gasteiger partial charge in [-0.15, -0.1) is 15.0 Å². The average molecular weight is 650 g/mol. The maximum atomic E-state index is 13.4. The average Bonchev–Trinajstić information content (AvgIpc) is 3.63. The van der Waals surface area contributed by atoms with E-state index in [4.69, 9.17) is 9.84 Å². The summed E-state index contributed by atoms with van der Waals surface area (Å²) in [5.74, 6) is 1.18. The number of carbonyl (C=O) groups excluding carboxylic acids is 1. The van der Waals surface area contributed by atoms with Gasteiger partial charge in [-0.2, -0.15) is 0 Å². The number of aromatic nitrogens is 5. The first kappa shape index (κ1) is 31.9. The number of anilines is 1. The van der Waals surface area contributed by atoms with Crippen molar-refractivity contribution < 1.29 is 9.53 Å². The molecular weight excluding hydrogens is 610 g/mol. The number of pyridine rings is 1. The summed E-state index contributed by atoms with van der Waals surface area (Å²) in [5, 5.41) is 16.5. The molecule has 6 aromatic rings. The summed E-state index contributed by atoms with van der Waals surface area (Å²) in [4.78, 5) is 21.6. The van der Waals surface area contributed by atoms with Gasteiger partial charge in [0.2, 0.25) is 5.82 Å². The molecule has 2 aromatic heterocycles. The number of carbonyl (C=O) groups is 1. The molecule has 0 radical (unpaired) electrons. The Morgan fingerprint density at radius 3 is 2.43 bits per heavy atom. The van der Waals surface area contributed by atoms with Gasteiger partial charge in [-0.1, -0.05) is 36.4 Å². The van der Waals surface area contributed by atoms with Crippen molar-refractivity contribution in [3.05, 3.63) is 136 Å². The molecule has 49 heavy (non-hydrogen) atoms. The van der Waals surface area contributed by atoms with E-state index in [0.29, 0.717) is 22.6 Å². The first-order chi connectivity index (χ1) is 23.8. The lowest BCUT2D eigenvalue weighted by atomic mass is 9.96. The lowest BCUT2D eigenvalue weighted by Crippen LogP contribution is -2.32. The fourth-order valence-corrected chi connectivity index (χ4v) is 6.34. The van der Waals surface area contributed by atoms with Crippen LogP contribution in [0.3, 0.4) is 0 Å². The van der Waals surface area contributed by atoms with Crippen molar-refractivity contribution in [2.45, 2.75) is 40.2 Å². The fourth-order valence-electron chi connectivity index (χ4n) is 6.34. The van der Waals surface area contributed by atoms with Crippen molar-refractivity contribution >= 4 is 11.6 Å². The number of rotatable bonds is 9. The Bertz CT molecular complexity index is 2110. The van der Waals surface area contributed by atoms with Gasteiger partial charge in [0.1, 0.15) is 5.75 Å². The van der Waals surface area contributed by atoms with E-state index in [2.05, 4.69) is 56.7 Å². The molecule has 0 spiro atoms. The highest BCUT2D eigenvalue weighted by Crippen LogP contribution is 2.30. The quantitative estimate of drug-likeness (QED) is 0.177. The lowest BCUT2D eigenvalue weighted by molar-refractivity contribution is 0.102. The molecule has 0 saturated carbocycles. The predicted molar refractivity (Wildman–Crippen MR) is 192 cm³/mol. The second kappa shape index (κ2) is 13.8. The first-order valence-corrected chi connectivity index (χ1v) is 16.6. The molecule has 1 amide bonds. The Labute approximate surface area is 286 Å². The van der Waals surface area contributed by atoms with Crippen molar-refractivity contribution in [2.75, 3.05) is 25.5 Å². The highest BCUT2D eigenvalue weighted by molar-refractivity contribution is 6.06. The summed E-state index contributed by atoms with van der Waals surface area (Å²) in [7, 11) is 1.74. The molecule has 1 aliphatic rings. The molecule has 3 heterocycles. The number of hydrogen-bond acceptors (Lipinski definition) is 7. The monoisotopic (exact) mass is 649 g/mol. The summed E-state index contributed by atoms with van der Waals surface area (Å²) in [6, 6.07) is 28.1. The minimum absolute atomic E-state index is 0.214. The van der Waals surface area contributed by atoms with E-state index in [-0.39, 0.29) is 5.91 Å². The Morgan fingerprint density at radius 2 is 1.67 bits per heavy atom. The zero-order valence-electron chi connectivity index (χ0n) is 28.3. The van der Waals surface area contributed by atoms with Gasteiger partial charge >= 0.3 is 0 Å². The molecule has 0 bridgehead atoms. The molecule has 1 aliphatic heterocycles. The number of nitrogens with one attached hydrogen (secondary N) is 1. The van der Waals surface area contributed by atoms with E-state index in [0.717, 1.165) is 66.2 Å². The first-order valence-electron chi connectivity index (χ1n) is 16.6. The van der Waals surface area contributed by atoms with Crippen LogP contribution in [-0.2, 0) is 19.4 Å². The number of benzene rings is 4. The van der Waals surface area contributed by atoms with Crippen LogP contribution in [0.25, 0.3) is 28.2 Å². The molecule has 246 valence electrons. The maximum absolute atomic E-state index is 13.4. The number of nitrogens with zero attached hydrogens (tertiary/aromatic N) is 6. The van der Waals surface area contributed by atoms with Crippen LogP contribution in [0.4, 0.5) is 5.69 Å². The number of ether oxygens (including phenoxy) is 1. The molecule has 0 saturated heterocycles. The third kappa shape index (κ3) is 6.98. The molecule has 4 aromatic carbocycles. The maximum Gasteiger partial charge on any atom is 0.255 e. The van der Waals surface area contributed by atoms with Gasteiger partial charge in [0, 0.05) is 43.2 Å². The summed E-state index contributed by atoms with van der Waals surface area (Å²) in [6.45, 7) is 9.14. The van der Waals surface area contributed by atoms with Crippen LogP contribution in [-0.4, -0.2) is 56.2 Å². The number of methoxy groups -OCH3 is 1. The normalized spacial score (nSPS) is 12.8. The number of hydrogen-bond donors (Lipinski definition) is 1. The highest BCUT2D eigenvalue weighted by Gasteiger charge is 2.19. The van der Waals surface area contributed by atoms with Gasteiger partial charge in [0.05, 0.1) is 18.5 Å². The Hall–Kier alpha value is -5.67. The number of aryl methyl sites for hydroxylation is 3. The fraction of sp³-hybridized carbons (Fsp3) is 0.225. The zero-order valence-corrected chi connectivity index (χ0v) is 28.3. The van der Waals surface area contributed by atoms with Gasteiger partial charge in [0.15, 0.2) is 0 Å². The van der Waals surface area contributed by atoms with Crippen LogP contribution in [0.15, 0.2) is 97.3 Å². The molecule has 0 unspecified atom stereocenters. The van der Waals surface area contributed by atoms with Gasteiger partial charge in [-0.3, -0.25) is 14.7 Å². The van der Waals surface area contributed by atoms with E-state index in [1.165, 1.54) is 27.1 Å². The molecule has 0 fully saturated rings. The SMILES string of the molecule is COc1cc2c(cc1C)CCN(CCc1ccc(-n3nnc(-c4cc(C)c(C)cc4NC(=O)c4ccc(-c5cccnc5)cc4)n3)cc1)C2. The largest absolute Gasteiger partial charge is 0.496 e. The van der Waals surface area contributed by atoms with E-state index in [9.17, 15) is 4.79 Å². The standard InChI is InChI=1S/C40H39N7O2/c1-26-21-36(37(22-27(26)2)42-40(48)31-11-9-30(10-12-31)33-6-5-17-41-24-33)39-43-45-47(44-39)35-13-7-29(8-14-35)15-18-46-19-16-32-20-28(3)38(49-4)23-34(32)25-46/h5-14,17,20-24H,15-16,18-19,25H2,1-4H3,(H,42,48). The Balaban J connectivity index is 1.02. The molecule has 9 nitrogen and oxygen atoms in total. The van der Waals surface area contributed by atoms with Gasteiger partial charge in [-0.25, -0.2) is 0 Å². The molecule has 0 aliphatic carbocycles. The number of amides is 1. The van der Waals surface area contributed by atoms with Crippen molar-refractivity contribution in [1.29, 1.82) is 0 Å². The lowest BCUT2D eigenvalue weighted by Gasteiger charge is -2.29. The second-order valence-corrected chi connectivity index (χ2v) is 12.7. The van der Waals surface area contributed by atoms with Gasteiger partial charge < -0.3 is 10.1 Å². The zero-order chi connectivity index (χ0) is 33.9. The minimum Gasteiger partial charge on any atom is -0.496 e. The van der Waals surface area contributed by atoms with E-state index < -0.39 is 0 Å². The number of fused-ring (bicyclic) bond motifs is 1. The summed E-state index contributed by atoms with van der Waals surface area (Å²) >= 11 is 0. The minimum atomic E-state index is -0.214. The molecular formula is C40H39N7O2. The van der Waals surface area contributed by atoms with Crippen LogP contribution < -0.4 is 10.1 Å². The predicted octanol–water partition coefficient (Wildman–Crippen LogP) is 7.18. The number of tetrazole rings is 1. The van der Waals surface area contributed by atoms with E-state index in [1.807, 2.05) is 74.5 Å². The summed E-state index contributed by atoms with van der Waals surface area (Å²) in [5.41, 5.74) is 12.1. The van der Waals surface area contributed by atoms with Crippen LogP contribution >= 0.6 is 0 Å². The van der Waals surface area contributed by atoms with Crippen molar-refractivity contribution in [3.8, 4) is 34.0 Å². The van der Waals surface area contributed by atoms with Crippen LogP contribution in [0, 0.1) is 20.8 Å². The van der Waals surface area contributed by atoms with Crippen LogP contribution in [0.1, 0.15) is 43.7 Å². The smallest absolute Gasteiger partial charge is 0.255 e. The van der Waals surface area contributed by atoms with Crippen molar-refractivity contribution in [2.24, 2.45) is 0 Å². The van der Waals surface area contributed by atoms with Crippen LogP contribution in [0.2, 0.25) is 0 Å². The highest BCUT2D eigenvalue weighted by atomic mass is 16.5. The third-order valence-electron chi connectivity index (χ3n) is 9.37. The molecule has 0 atom stereocenters. The Kier molecular flexibility index (Phi) is 9.00. The van der Waals surface area contributed by atoms with Gasteiger partial charge in [0.25, 0.3) is 5.91 Å². The van der Waals surface area contributed by atoms with Crippen molar-refractivity contribution in [3.63, 3.8) is 0 Å². The molecule has 1 N–H and O–H groups in total. The molecule has 9 heteroatoms. The topological polar surface area (TPSA) is 98.1 Å².